The normalized spacial score (nSPS) is 24.6. The number of rotatable bonds is 22. The van der Waals surface area contributed by atoms with Gasteiger partial charge in [0, 0.05) is 87.8 Å². The first-order valence-corrected chi connectivity index (χ1v) is 24.5. The molecule has 2 saturated heterocycles. The maximum Gasteiger partial charge on any atom is 0.416 e. The van der Waals surface area contributed by atoms with Gasteiger partial charge in [-0.05, 0) is 89.2 Å². The van der Waals surface area contributed by atoms with Gasteiger partial charge in [0.25, 0.3) is 0 Å². The molecule has 4 aliphatic rings. The number of nitrogens with zero attached hydrogens (tertiary/aromatic N) is 6. The van der Waals surface area contributed by atoms with Gasteiger partial charge in [-0.15, -0.1) is 0 Å². The Morgan fingerprint density at radius 3 is 2.28 bits per heavy atom. The van der Waals surface area contributed by atoms with E-state index in [1.54, 1.807) is 35.3 Å². The third kappa shape index (κ3) is 13.5. The highest BCUT2D eigenvalue weighted by atomic mass is 19.4. The molecule has 0 radical (unpaired) electrons. The van der Waals surface area contributed by atoms with E-state index in [0.717, 1.165) is 24.1 Å². The Kier molecular flexibility index (Phi) is 17.8. The van der Waals surface area contributed by atoms with E-state index in [1.165, 1.54) is 12.4 Å². The molecule has 0 spiro atoms. The second-order valence-electron chi connectivity index (χ2n) is 19.2. The molecule has 4 fully saturated rings. The zero-order valence-corrected chi connectivity index (χ0v) is 40.7. The van der Waals surface area contributed by atoms with Crippen molar-refractivity contribution >= 4 is 52.2 Å². The van der Waals surface area contributed by atoms with E-state index in [9.17, 15) is 41.9 Å². The average molecular weight is 994 g/mol. The van der Waals surface area contributed by atoms with Crippen molar-refractivity contribution in [2.75, 3.05) is 65.5 Å². The highest BCUT2D eigenvalue weighted by Crippen LogP contribution is 2.37. The number of carbonyl (C=O) groups is 6. The minimum absolute atomic E-state index is 0.0464. The molecule has 6 atom stereocenters. The van der Waals surface area contributed by atoms with E-state index in [-0.39, 0.29) is 141 Å². The van der Waals surface area contributed by atoms with Crippen LogP contribution in [-0.2, 0) is 44.4 Å². The number of carbonyl (C=O) groups excluding carboxylic acids is 6. The second kappa shape index (κ2) is 23.9. The van der Waals surface area contributed by atoms with Crippen LogP contribution in [0.2, 0.25) is 0 Å². The predicted molar refractivity (Wildman–Crippen MR) is 254 cm³/mol. The van der Waals surface area contributed by atoms with Crippen molar-refractivity contribution in [1.29, 1.82) is 0 Å². The van der Waals surface area contributed by atoms with Crippen LogP contribution >= 0.6 is 0 Å². The molecule has 22 heteroatoms. The largest absolute Gasteiger partial charge is 0.416 e. The number of likely N-dealkylation sites (tertiary alicyclic amines) is 2. The Hall–Kier alpha value is -6.00. The van der Waals surface area contributed by atoms with Gasteiger partial charge in [0.15, 0.2) is 0 Å². The molecular weight excluding hydrogens is 928 g/mol. The number of benzene rings is 1. The molecule has 7 rings (SSSR count). The lowest BCUT2D eigenvalue weighted by atomic mass is 9.79. The number of hydrogen-bond donors (Lipinski definition) is 5. The highest BCUT2D eigenvalue weighted by molar-refractivity contribution is 5.93. The van der Waals surface area contributed by atoms with Crippen LogP contribution in [0, 0.1) is 11.8 Å². The van der Waals surface area contributed by atoms with Gasteiger partial charge in [0.1, 0.15) is 18.2 Å². The molecule has 3 aromatic rings. The lowest BCUT2D eigenvalue weighted by molar-refractivity contribution is -0.137. The zero-order chi connectivity index (χ0) is 50.8. The molecule has 2 aromatic heterocycles. The molecular formula is C49H66F3N11O8. The van der Waals surface area contributed by atoms with E-state index in [2.05, 4.69) is 60.3 Å². The number of amides is 6. The summed E-state index contributed by atoms with van der Waals surface area (Å²) in [7, 11) is 3.73. The third-order valence-electron chi connectivity index (χ3n) is 14.3. The maximum atomic E-state index is 13.9. The summed E-state index contributed by atoms with van der Waals surface area (Å²) < 4.78 is 51.9. The minimum Gasteiger partial charge on any atom is -0.380 e. The van der Waals surface area contributed by atoms with Gasteiger partial charge in [-0.2, -0.15) is 13.2 Å². The van der Waals surface area contributed by atoms with Crippen LogP contribution in [0.5, 0.6) is 0 Å². The Bertz CT molecular complexity index is 2360. The number of aromatic nitrogens is 3. The van der Waals surface area contributed by atoms with Gasteiger partial charge in [-0.25, -0.2) is 9.97 Å². The summed E-state index contributed by atoms with van der Waals surface area (Å²) in [6.07, 6.45) is 3.73. The van der Waals surface area contributed by atoms with Crippen molar-refractivity contribution < 1.29 is 51.4 Å². The molecule has 6 amide bonds. The number of halogens is 3. The monoisotopic (exact) mass is 994 g/mol. The molecule has 19 nitrogen and oxygen atoms in total. The maximum absolute atomic E-state index is 13.9. The minimum atomic E-state index is -4.56. The van der Waals surface area contributed by atoms with Crippen LogP contribution in [0.3, 0.4) is 0 Å². The number of fused-ring (bicyclic) bond motifs is 1. The highest BCUT2D eigenvalue weighted by Gasteiger charge is 2.45. The van der Waals surface area contributed by atoms with Crippen LogP contribution in [0.1, 0.15) is 88.8 Å². The lowest BCUT2D eigenvalue weighted by Crippen LogP contribution is -2.58. The van der Waals surface area contributed by atoms with Gasteiger partial charge < -0.3 is 50.8 Å². The predicted octanol–water partition coefficient (Wildman–Crippen LogP) is 2.96. The summed E-state index contributed by atoms with van der Waals surface area (Å²) in [6, 6.07) is 5.38. The second-order valence-corrected chi connectivity index (χ2v) is 19.2. The van der Waals surface area contributed by atoms with Crippen LogP contribution in [0.4, 0.5) is 19.0 Å². The summed E-state index contributed by atoms with van der Waals surface area (Å²) >= 11 is 0. The first-order chi connectivity index (χ1) is 34.0. The van der Waals surface area contributed by atoms with Crippen LogP contribution in [-0.4, -0.2) is 162 Å². The first-order valence-electron chi connectivity index (χ1n) is 24.5. The number of anilines is 1. The zero-order valence-electron chi connectivity index (χ0n) is 40.7. The summed E-state index contributed by atoms with van der Waals surface area (Å²) in [5.74, 6) is -1.76. The molecule has 2 aliphatic heterocycles. The smallest absolute Gasteiger partial charge is 0.380 e. The van der Waals surface area contributed by atoms with Gasteiger partial charge in [-0.3, -0.25) is 33.8 Å². The van der Waals surface area contributed by atoms with Crippen LogP contribution in [0.15, 0.2) is 49.1 Å². The standard InChI is InChI=1S/C49H66F3N11O8/c1-29(2)61(3)34-8-10-40(63-17-11-38(48(63)69)60-45-35-24-32(49(50,51)52)7-9-37(35)56-28-57-45)39(25-34)59-42(65)13-19-70-18-12-41(64)58-33-22-31(23-33)46(67)54-15-20-71-21-16-55-47(68)36-26-43(66)62(4)44(36)30-6-5-14-53-27-30/h5-7,9,14,24,27-29,31,33-34,36,38-40,44H,8,10-13,15-23,25-26H2,1-4H3,(H,54,67)(H,55,68)(H,58,64)(H,59,65)(H,56,57,60)/t31?,33?,34-,36+,38+,39-,40+,44-/m1/s1. The van der Waals surface area contributed by atoms with Crippen molar-refractivity contribution in [3.8, 4) is 0 Å². The number of hydrogen-bond acceptors (Lipinski definition) is 13. The number of ether oxygens (including phenoxy) is 2. The molecule has 1 aromatic carbocycles. The Morgan fingerprint density at radius 2 is 1.59 bits per heavy atom. The van der Waals surface area contributed by atoms with Gasteiger partial charge >= 0.3 is 6.18 Å². The van der Waals surface area contributed by atoms with E-state index in [4.69, 9.17) is 9.47 Å². The van der Waals surface area contributed by atoms with Crippen molar-refractivity contribution in [3.05, 3.63) is 60.2 Å². The van der Waals surface area contributed by atoms with Gasteiger partial charge in [0.05, 0.1) is 61.6 Å². The van der Waals surface area contributed by atoms with Gasteiger partial charge in [-0.1, -0.05) is 6.07 Å². The Labute approximate surface area is 411 Å². The lowest BCUT2D eigenvalue weighted by Gasteiger charge is -2.44. The molecule has 2 aliphatic carbocycles. The fourth-order valence-electron chi connectivity index (χ4n) is 10.1. The first kappa shape index (κ1) is 52.8. The topological polar surface area (TPSA) is 229 Å². The summed E-state index contributed by atoms with van der Waals surface area (Å²) in [5, 5.41) is 15.0. The fraction of sp³-hybridized carbons (Fsp3) is 0.612. The van der Waals surface area contributed by atoms with E-state index in [1.807, 2.05) is 13.1 Å². The molecule has 71 heavy (non-hydrogen) atoms. The average Bonchev–Trinajstić information content (AvgIpc) is 3.84. The Morgan fingerprint density at radius 1 is 0.887 bits per heavy atom. The molecule has 5 N–H and O–H groups in total. The van der Waals surface area contributed by atoms with Crippen molar-refractivity contribution in [1.82, 2.24) is 50.9 Å². The summed E-state index contributed by atoms with van der Waals surface area (Å²) in [6.45, 7) is 5.83. The summed E-state index contributed by atoms with van der Waals surface area (Å²) in [4.78, 5) is 95.9. The van der Waals surface area contributed by atoms with E-state index in [0.29, 0.717) is 50.7 Å². The van der Waals surface area contributed by atoms with Crippen molar-refractivity contribution in [2.24, 2.45) is 11.8 Å². The van der Waals surface area contributed by atoms with Gasteiger partial charge in [0.2, 0.25) is 35.4 Å². The molecule has 0 unspecified atom stereocenters. The molecule has 2 saturated carbocycles. The summed E-state index contributed by atoms with van der Waals surface area (Å²) in [5.41, 5.74) is 0.275. The quantitative estimate of drug-likeness (QED) is 0.0914. The van der Waals surface area contributed by atoms with Crippen LogP contribution < -0.4 is 26.6 Å². The van der Waals surface area contributed by atoms with Crippen molar-refractivity contribution in [3.63, 3.8) is 0 Å². The third-order valence-corrected chi connectivity index (χ3v) is 14.3. The van der Waals surface area contributed by atoms with Crippen molar-refractivity contribution in [2.45, 2.75) is 120 Å². The van der Waals surface area contributed by atoms with Crippen LogP contribution in [0.25, 0.3) is 10.9 Å². The molecule has 4 heterocycles. The molecule has 0 bridgehead atoms. The number of nitrogens with one attached hydrogen (secondary N) is 5. The van der Waals surface area contributed by atoms with E-state index < -0.39 is 23.7 Å². The van der Waals surface area contributed by atoms with E-state index >= 15 is 0 Å². The SMILES string of the molecule is CC(C)N(C)[C@@H]1CC[C@H](N2CC[C@H](Nc3ncnc4ccc(C(F)(F)F)cc34)C2=O)[C@H](NC(=O)CCOCCC(=O)NC2CC(C(=O)NCCOCCNC(=O)[C@H]3CC(=O)N(C)[C@@H]3c3cccnc3)C2)C1. The Balaban J connectivity index is 0.765. The number of alkyl halides is 3. The fourth-order valence-corrected chi connectivity index (χ4v) is 10.1. The molecule has 386 valence electrons. The number of pyridine rings is 1.